The smallest absolute Gasteiger partial charge is 0.243 e. The van der Waals surface area contributed by atoms with Crippen LogP contribution in [-0.2, 0) is 10.0 Å². The number of methoxy groups -OCH3 is 1. The fourth-order valence-electron chi connectivity index (χ4n) is 2.31. The summed E-state index contributed by atoms with van der Waals surface area (Å²) >= 11 is 3.32. The molecule has 1 atom stereocenters. The van der Waals surface area contributed by atoms with Crippen molar-refractivity contribution in [2.24, 2.45) is 11.1 Å². The molecule has 1 saturated heterocycles. The number of ether oxygens (including phenoxy) is 1. The highest BCUT2D eigenvalue weighted by atomic mass is 79.9. The van der Waals surface area contributed by atoms with Crippen LogP contribution in [0.5, 0.6) is 5.75 Å². The van der Waals surface area contributed by atoms with Gasteiger partial charge in [0.25, 0.3) is 0 Å². The van der Waals surface area contributed by atoms with Crippen LogP contribution in [0.25, 0.3) is 0 Å². The van der Waals surface area contributed by atoms with Gasteiger partial charge in [-0.1, -0.05) is 6.92 Å². The van der Waals surface area contributed by atoms with Gasteiger partial charge in [-0.3, -0.25) is 0 Å². The molecule has 1 aliphatic rings. The van der Waals surface area contributed by atoms with Crippen LogP contribution in [0.1, 0.15) is 13.3 Å². The molecule has 1 fully saturated rings. The fourth-order valence-corrected chi connectivity index (χ4v) is 4.62. The number of sulfonamides is 1. The second-order valence-electron chi connectivity index (χ2n) is 5.40. The van der Waals surface area contributed by atoms with Crippen LogP contribution < -0.4 is 10.5 Å². The average molecular weight is 400 g/mol. The second kappa shape index (κ2) is 6.83. The summed E-state index contributed by atoms with van der Waals surface area (Å²) < 4.78 is 32.5. The van der Waals surface area contributed by atoms with Gasteiger partial charge in [0.15, 0.2) is 0 Å². The predicted molar refractivity (Wildman–Crippen MR) is 88.5 cm³/mol. The standard InChI is InChI=1S/C13H19BrN2O3S.ClH/c1-13(8-15)5-6-16(9-13)20(17,18)10-3-4-12(19-2)11(14)7-10;/h3-4,7H,5-6,8-9,15H2,1-2H3;1H. The normalized spacial score (nSPS) is 22.9. The number of halogens is 2. The van der Waals surface area contributed by atoms with Gasteiger partial charge in [0.2, 0.25) is 10.0 Å². The number of nitrogens with zero attached hydrogens (tertiary/aromatic N) is 1. The van der Waals surface area contributed by atoms with Crippen molar-refractivity contribution in [3.05, 3.63) is 22.7 Å². The summed E-state index contributed by atoms with van der Waals surface area (Å²) in [6.45, 7) is 3.49. The van der Waals surface area contributed by atoms with E-state index in [2.05, 4.69) is 15.9 Å². The molecule has 120 valence electrons. The van der Waals surface area contributed by atoms with Crippen molar-refractivity contribution in [3.8, 4) is 5.75 Å². The topological polar surface area (TPSA) is 72.6 Å². The van der Waals surface area contributed by atoms with Gasteiger partial charge in [0, 0.05) is 13.1 Å². The van der Waals surface area contributed by atoms with Crippen molar-refractivity contribution in [1.82, 2.24) is 4.31 Å². The summed E-state index contributed by atoms with van der Waals surface area (Å²) in [6, 6.07) is 4.79. The van der Waals surface area contributed by atoms with Crippen LogP contribution in [-0.4, -0.2) is 39.5 Å². The van der Waals surface area contributed by atoms with Crippen LogP contribution in [0, 0.1) is 5.41 Å². The van der Waals surface area contributed by atoms with Crippen LogP contribution in [0.3, 0.4) is 0 Å². The molecule has 1 aromatic carbocycles. The number of hydrogen-bond acceptors (Lipinski definition) is 4. The minimum Gasteiger partial charge on any atom is -0.496 e. The first kappa shape index (κ1) is 18.7. The molecule has 8 heteroatoms. The van der Waals surface area contributed by atoms with E-state index in [9.17, 15) is 8.42 Å². The maximum absolute atomic E-state index is 12.6. The van der Waals surface area contributed by atoms with Crippen molar-refractivity contribution < 1.29 is 13.2 Å². The van der Waals surface area contributed by atoms with E-state index in [-0.39, 0.29) is 22.7 Å². The Labute approximate surface area is 140 Å². The zero-order valence-electron chi connectivity index (χ0n) is 12.0. The summed E-state index contributed by atoms with van der Waals surface area (Å²) in [6.07, 6.45) is 0.792. The first-order valence-corrected chi connectivity index (χ1v) is 8.59. The van der Waals surface area contributed by atoms with Crippen molar-refractivity contribution in [1.29, 1.82) is 0 Å². The highest BCUT2D eigenvalue weighted by Crippen LogP contribution is 2.34. The molecule has 21 heavy (non-hydrogen) atoms. The lowest BCUT2D eigenvalue weighted by Gasteiger charge is -2.22. The molecule has 1 aromatic rings. The molecule has 1 aliphatic heterocycles. The van der Waals surface area contributed by atoms with E-state index < -0.39 is 10.0 Å². The molecule has 1 unspecified atom stereocenters. The quantitative estimate of drug-likeness (QED) is 0.843. The highest BCUT2D eigenvalue weighted by molar-refractivity contribution is 9.10. The Morgan fingerprint density at radius 2 is 2.14 bits per heavy atom. The minimum absolute atomic E-state index is 0. The van der Waals surface area contributed by atoms with Crippen molar-refractivity contribution in [3.63, 3.8) is 0 Å². The fraction of sp³-hybridized carbons (Fsp3) is 0.538. The van der Waals surface area contributed by atoms with E-state index >= 15 is 0 Å². The van der Waals surface area contributed by atoms with Gasteiger partial charge >= 0.3 is 0 Å². The zero-order chi connectivity index (χ0) is 15.0. The third kappa shape index (κ3) is 3.71. The van der Waals surface area contributed by atoms with Crippen LogP contribution in [0.4, 0.5) is 0 Å². The lowest BCUT2D eigenvalue weighted by Crippen LogP contribution is -2.34. The minimum atomic E-state index is -3.48. The van der Waals surface area contributed by atoms with Crippen molar-refractivity contribution in [2.45, 2.75) is 18.2 Å². The van der Waals surface area contributed by atoms with Gasteiger partial charge in [-0.05, 0) is 52.5 Å². The van der Waals surface area contributed by atoms with Gasteiger partial charge in [-0.15, -0.1) is 12.4 Å². The lowest BCUT2D eigenvalue weighted by atomic mass is 9.90. The molecule has 2 rings (SSSR count). The molecule has 0 bridgehead atoms. The lowest BCUT2D eigenvalue weighted by molar-refractivity contribution is 0.349. The summed E-state index contributed by atoms with van der Waals surface area (Å²) in [5, 5.41) is 0. The first-order valence-electron chi connectivity index (χ1n) is 6.36. The average Bonchev–Trinajstić information content (AvgIpc) is 2.83. The summed E-state index contributed by atoms with van der Waals surface area (Å²) in [7, 11) is -1.93. The Hall–Kier alpha value is -0.340. The molecule has 0 aromatic heterocycles. The third-order valence-electron chi connectivity index (χ3n) is 3.78. The molecule has 0 saturated carbocycles. The number of hydrogen-bond donors (Lipinski definition) is 1. The molecule has 0 aliphatic carbocycles. The Bertz CT molecular complexity index is 611. The maximum atomic E-state index is 12.6. The van der Waals surface area contributed by atoms with E-state index in [4.69, 9.17) is 10.5 Å². The van der Waals surface area contributed by atoms with E-state index in [0.717, 1.165) is 6.42 Å². The molecule has 1 heterocycles. The van der Waals surface area contributed by atoms with Crippen LogP contribution >= 0.6 is 28.3 Å². The number of benzene rings is 1. The molecular formula is C13H20BrClN2O3S. The van der Waals surface area contributed by atoms with E-state index in [0.29, 0.717) is 29.9 Å². The molecule has 0 radical (unpaired) electrons. The van der Waals surface area contributed by atoms with Gasteiger partial charge in [0.05, 0.1) is 16.5 Å². The van der Waals surface area contributed by atoms with Gasteiger partial charge < -0.3 is 10.5 Å². The van der Waals surface area contributed by atoms with E-state index in [1.807, 2.05) is 6.92 Å². The largest absolute Gasteiger partial charge is 0.496 e. The van der Waals surface area contributed by atoms with Crippen molar-refractivity contribution >= 4 is 38.4 Å². The molecule has 2 N–H and O–H groups in total. The summed E-state index contributed by atoms with van der Waals surface area (Å²) in [4.78, 5) is 0.270. The predicted octanol–water partition coefficient (Wildman–Crippen LogP) is 2.24. The van der Waals surface area contributed by atoms with E-state index in [1.165, 1.54) is 4.31 Å². The van der Waals surface area contributed by atoms with Crippen LogP contribution in [0.2, 0.25) is 0 Å². The summed E-state index contributed by atoms with van der Waals surface area (Å²) in [5.74, 6) is 0.608. The Balaban J connectivity index is 0.00000220. The Kier molecular flexibility index (Phi) is 6.08. The third-order valence-corrected chi connectivity index (χ3v) is 6.24. The van der Waals surface area contributed by atoms with Gasteiger partial charge in [-0.2, -0.15) is 4.31 Å². The molecule has 0 amide bonds. The number of rotatable bonds is 4. The first-order chi connectivity index (χ1) is 9.32. The second-order valence-corrected chi connectivity index (χ2v) is 8.19. The number of nitrogens with two attached hydrogens (primary N) is 1. The zero-order valence-corrected chi connectivity index (χ0v) is 15.2. The maximum Gasteiger partial charge on any atom is 0.243 e. The SMILES string of the molecule is COc1ccc(S(=O)(=O)N2CCC(C)(CN)C2)cc1Br.Cl. The Morgan fingerprint density at radius 1 is 1.48 bits per heavy atom. The highest BCUT2D eigenvalue weighted by Gasteiger charge is 2.39. The molecule has 0 spiro atoms. The van der Waals surface area contributed by atoms with Crippen LogP contribution in [0.15, 0.2) is 27.6 Å². The Morgan fingerprint density at radius 3 is 2.62 bits per heavy atom. The van der Waals surface area contributed by atoms with E-state index in [1.54, 1.807) is 25.3 Å². The van der Waals surface area contributed by atoms with Gasteiger partial charge in [0.1, 0.15) is 5.75 Å². The summed E-state index contributed by atoms with van der Waals surface area (Å²) in [5.41, 5.74) is 5.60. The molecular weight excluding hydrogens is 380 g/mol. The molecule has 5 nitrogen and oxygen atoms in total. The monoisotopic (exact) mass is 398 g/mol. The van der Waals surface area contributed by atoms with Crippen molar-refractivity contribution in [2.75, 3.05) is 26.7 Å². The van der Waals surface area contributed by atoms with Gasteiger partial charge in [-0.25, -0.2) is 8.42 Å².